The van der Waals surface area contributed by atoms with Crippen LogP contribution in [-0.2, 0) is 10.0 Å². The number of nitrogens with one attached hydrogen (secondary N) is 1. The van der Waals surface area contributed by atoms with Crippen molar-refractivity contribution in [1.82, 2.24) is 4.72 Å². The molecular weight excluding hydrogens is 276 g/mol. The van der Waals surface area contributed by atoms with Crippen molar-refractivity contribution in [2.45, 2.75) is 22.8 Å². The Bertz CT molecular complexity index is 526. The number of rotatable bonds is 5. The summed E-state index contributed by atoms with van der Waals surface area (Å²) >= 11 is 2.58. The van der Waals surface area contributed by atoms with Gasteiger partial charge in [0, 0.05) is 11.3 Å². The van der Waals surface area contributed by atoms with Crippen LogP contribution in [0.1, 0.15) is 18.7 Å². The highest BCUT2D eigenvalue weighted by Crippen LogP contribution is 2.23. The maximum Gasteiger partial charge on any atom is 0.250 e. The monoisotopic (exact) mass is 290 g/mol. The fourth-order valence-electron chi connectivity index (χ4n) is 0.937. The quantitative estimate of drug-likeness (QED) is 0.901. The van der Waals surface area contributed by atoms with Crippen molar-refractivity contribution < 1.29 is 8.42 Å². The molecule has 17 heavy (non-hydrogen) atoms. The van der Waals surface area contributed by atoms with E-state index in [-0.39, 0.29) is 8.96 Å². The molecule has 0 fully saturated rings. The van der Waals surface area contributed by atoms with Gasteiger partial charge in [0.1, 0.15) is 15.2 Å². The Hall–Kier alpha value is -0.550. The molecule has 1 aromatic heterocycles. The summed E-state index contributed by atoms with van der Waals surface area (Å²) in [6.45, 7) is 4.29. The van der Waals surface area contributed by atoms with Crippen molar-refractivity contribution in [3.8, 4) is 6.07 Å². The summed E-state index contributed by atoms with van der Waals surface area (Å²) in [5.74, 6) is 0. The third-order valence-electron chi connectivity index (χ3n) is 2.20. The fourth-order valence-corrected chi connectivity index (χ4v) is 3.60. The number of nitrogens with zero attached hydrogens (tertiary/aromatic N) is 1. The zero-order chi connectivity index (χ0) is 13.1. The molecule has 1 aromatic rings. The van der Waals surface area contributed by atoms with Gasteiger partial charge in [-0.3, -0.25) is 0 Å². The first-order valence-corrected chi connectivity index (χ1v) is 8.38. The molecule has 0 aliphatic heterocycles. The first kappa shape index (κ1) is 14.5. The summed E-state index contributed by atoms with van der Waals surface area (Å²) in [5, 5.41) is 8.66. The van der Waals surface area contributed by atoms with Crippen LogP contribution in [-0.4, -0.2) is 26.0 Å². The summed E-state index contributed by atoms with van der Waals surface area (Å²) in [5.41, 5.74) is 0. The molecule has 0 bridgehead atoms. The minimum Gasteiger partial charge on any atom is -0.209 e. The third kappa shape index (κ3) is 4.00. The van der Waals surface area contributed by atoms with Gasteiger partial charge in [-0.25, -0.2) is 13.1 Å². The van der Waals surface area contributed by atoms with E-state index in [4.69, 9.17) is 5.26 Å². The van der Waals surface area contributed by atoms with E-state index in [9.17, 15) is 8.42 Å². The molecule has 7 heteroatoms. The molecule has 1 rings (SSSR count). The lowest BCUT2D eigenvalue weighted by molar-refractivity contribution is 0.573. The molecule has 0 aliphatic carbocycles. The molecule has 0 aliphatic rings. The highest BCUT2D eigenvalue weighted by atomic mass is 32.2. The Morgan fingerprint density at radius 1 is 1.53 bits per heavy atom. The van der Waals surface area contributed by atoms with Gasteiger partial charge in [0.15, 0.2) is 0 Å². The summed E-state index contributed by atoms with van der Waals surface area (Å²) in [4.78, 5) is 0.398. The maximum absolute atomic E-state index is 11.9. The molecule has 1 N–H and O–H groups in total. The highest BCUT2D eigenvalue weighted by Gasteiger charge is 2.22. The maximum atomic E-state index is 11.9. The first-order chi connectivity index (χ1) is 7.80. The van der Waals surface area contributed by atoms with Crippen LogP contribution >= 0.6 is 23.1 Å². The van der Waals surface area contributed by atoms with Crippen LogP contribution in [0.5, 0.6) is 0 Å². The second-order valence-corrected chi connectivity index (χ2v) is 8.61. The topological polar surface area (TPSA) is 70.0 Å². The number of hydrogen-bond donors (Lipinski definition) is 1. The molecule has 0 radical (unpaired) electrons. The summed E-state index contributed by atoms with van der Waals surface area (Å²) in [6.07, 6.45) is 1.94. The molecular formula is C10H14N2O2S3. The normalized spacial score (nSPS) is 12.4. The van der Waals surface area contributed by atoms with Gasteiger partial charge in [0.05, 0.1) is 0 Å². The second-order valence-electron chi connectivity index (χ2n) is 4.02. The van der Waals surface area contributed by atoms with Crippen molar-refractivity contribution in [3.05, 3.63) is 17.0 Å². The predicted octanol–water partition coefficient (Wildman–Crippen LogP) is 2.04. The van der Waals surface area contributed by atoms with Crippen molar-refractivity contribution in [1.29, 1.82) is 5.26 Å². The first-order valence-electron chi connectivity index (χ1n) is 4.85. The molecule has 0 atom stereocenters. The summed E-state index contributed by atoms with van der Waals surface area (Å²) < 4.78 is 26.4. The van der Waals surface area contributed by atoms with Crippen LogP contribution in [0.4, 0.5) is 0 Å². The van der Waals surface area contributed by atoms with E-state index in [1.54, 1.807) is 11.8 Å². The van der Waals surface area contributed by atoms with Crippen LogP contribution in [0.25, 0.3) is 0 Å². The Kier molecular flexibility index (Phi) is 4.61. The van der Waals surface area contributed by atoms with E-state index in [0.29, 0.717) is 11.4 Å². The molecule has 0 amide bonds. The number of sulfonamides is 1. The Morgan fingerprint density at radius 2 is 2.18 bits per heavy atom. The molecule has 4 nitrogen and oxygen atoms in total. The van der Waals surface area contributed by atoms with Gasteiger partial charge in [-0.1, -0.05) is 0 Å². The molecule has 0 aromatic carbocycles. The van der Waals surface area contributed by atoms with Gasteiger partial charge in [-0.15, -0.1) is 11.3 Å². The molecule has 0 saturated heterocycles. The van der Waals surface area contributed by atoms with Crippen molar-refractivity contribution in [3.63, 3.8) is 0 Å². The Balaban J connectivity index is 2.80. The largest absolute Gasteiger partial charge is 0.250 e. The van der Waals surface area contributed by atoms with Crippen LogP contribution < -0.4 is 4.72 Å². The summed E-state index contributed by atoms with van der Waals surface area (Å²) in [6, 6.07) is 4.89. The van der Waals surface area contributed by atoms with Crippen LogP contribution in [0.3, 0.4) is 0 Å². The van der Waals surface area contributed by atoms with Crippen molar-refractivity contribution >= 4 is 33.1 Å². The molecule has 0 saturated carbocycles. The van der Waals surface area contributed by atoms with E-state index in [2.05, 4.69) is 4.72 Å². The summed E-state index contributed by atoms with van der Waals surface area (Å²) in [7, 11) is -3.49. The van der Waals surface area contributed by atoms with Crippen molar-refractivity contribution in [2.75, 3.05) is 12.8 Å². The van der Waals surface area contributed by atoms with Crippen LogP contribution in [0, 0.1) is 11.3 Å². The zero-order valence-electron chi connectivity index (χ0n) is 9.85. The second kappa shape index (κ2) is 5.40. The average Bonchev–Trinajstić information content (AvgIpc) is 2.76. The zero-order valence-corrected chi connectivity index (χ0v) is 12.3. The van der Waals surface area contributed by atoms with Crippen molar-refractivity contribution in [2.24, 2.45) is 0 Å². The van der Waals surface area contributed by atoms with E-state index in [1.807, 2.05) is 26.2 Å². The van der Waals surface area contributed by atoms with E-state index < -0.39 is 10.0 Å². The van der Waals surface area contributed by atoms with E-state index in [1.165, 1.54) is 12.1 Å². The molecule has 94 valence electrons. The molecule has 1 heterocycles. The van der Waals surface area contributed by atoms with Gasteiger partial charge in [0.2, 0.25) is 10.0 Å². The lowest BCUT2D eigenvalue weighted by Gasteiger charge is -2.21. The van der Waals surface area contributed by atoms with Gasteiger partial charge in [-0.05, 0) is 32.2 Å². The molecule has 0 spiro atoms. The lowest BCUT2D eigenvalue weighted by Crippen LogP contribution is -2.35. The number of hydrogen-bond acceptors (Lipinski definition) is 5. The highest BCUT2D eigenvalue weighted by molar-refractivity contribution is 8.00. The number of nitriles is 1. The Labute approximate surface area is 110 Å². The van der Waals surface area contributed by atoms with Gasteiger partial charge in [0.25, 0.3) is 0 Å². The van der Waals surface area contributed by atoms with Crippen LogP contribution in [0.2, 0.25) is 0 Å². The van der Waals surface area contributed by atoms with E-state index >= 15 is 0 Å². The third-order valence-corrected chi connectivity index (χ3v) is 6.33. The minimum absolute atomic E-state index is 0.150. The van der Waals surface area contributed by atoms with Gasteiger partial charge in [-0.2, -0.15) is 17.0 Å². The predicted molar refractivity (Wildman–Crippen MR) is 71.8 cm³/mol. The van der Waals surface area contributed by atoms with Crippen LogP contribution in [0.15, 0.2) is 16.3 Å². The number of thioether (sulfide) groups is 1. The van der Waals surface area contributed by atoms with Gasteiger partial charge < -0.3 is 0 Å². The Morgan fingerprint density at radius 3 is 2.65 bits per heavy atom. The lowest BCUT2D eigenvalue weighted by atomic mass is 10.2. The van der Waals surface area contributed by atoms with E-state index in [0.717, 1.165) is 11.3 Å². The SMILES string of the molecule is CSC(C)(C)CNS(=O)(=O)c1ccc(C#N)s1. The number of thiophene rings is 1. The van der Waals surface area contributed by atoms with Gasteiger partial charge >= 0.3 is 0 Å². The molecule has 0 unspecified atom stereocenters. The average molecular weight is 290 g/mol. The standard InChI is InChI=1S/C10H14N2O2S3/c1-10(2,15-3)7-12-17(13,14)9-5-4-8(6-11)16-9/h4-5,12H,7H2,1-3H3. The smallest absolute Gasteiger partial charge is 0.209 e. The fraction of sp³-hybridized carbons (Fsp3) is 0.500. The minimum atomic E-state index is -3.49.